The Bertz CT molecular complexity index is 2900. The van der Waals surface area contributed by atoms with E-state index in [1.165, 1.54) is 44.2 Å². The molecule has 1 heterocycles. The first-order chi connectivity index (χ1) is 26.8. The summed E-state index contributed by atoms with van der Waals surface area (Å²) < 4.78 is 6.66. The van der Waals surface area contributed by atoms with Crippen molar-refractivity contribution >= 4 is 49.8 Å². The standard InChI is InChI=1S/C52H35NO/c1-3-13-36(14-4-1)37-25-27-40(28-26-37)46-34-33-43(35-49(46)39-15-5-2-6-16-39)53(50-23-12-22-48-47-20-9-10-24-51(47)54-52(48)50)42-31-29-41(30-32-42)45-21-11-18-38-17-7-8-19-44(38)45/h1-35H. The quantitative estimate of drug-likeness (QED) is 0.166. The molecule has 0 spiro atoms. The van der Waals surface area contributed by atoms with Crippen molar-refractivity contribution in [2.45, 2.75) is 0 Å². The van der Waals surface area contributed by atoms with Crippen LogP contribution >= 0.6 is 0 Å². The molecule has 254 valence electrons. The minimum absolute atomic E-state index is 0.860. The van der Waals surface area contributed by atoms with E-state index in [1.54, 1.807) is 0 Å². The fourth-order valence-corrected chi connectivity index (χ4v) is 7.86. The Kier molecular flexibility index (Phi) is 7.85. The third-order valence-electron chi connectivity index (χ3n) is 10.5. The van der Waals surface area contributed by atoms with Gasteiger partial charge in [0.1, 0.15) is 5.58 Å². The van der Waals surface area contributed by atoms with Gasteiger partial charge in [-0.25, -0.2) is 0 Å². The van der Waals surface area contributed by atoms with Gasteiger partial charge in [-0.3, -0.25) is 0 Å². The molecule has 9 aromatic carbocycles. The maximum atomic E-state index is 6.66. The molecule has 0 aliphatic heterocycles. The van der Waals surface area contributed by atoms with Crippen molar-refractivity contribution in [3.05, 3.63) is 212 Å². The van der Waals surface area contributed by atoms with E-state index in [1.807, 2.05) is 12.1 Å². The van der Waals surface area contributed by atoms with Crippen molar-refractivity contribution in [2.75, 3.05) is 4.90 Å². The van der Waals surface area contributed by atoms with Gasteiger partial charge in [0.2, 0.25) is 0 Å². The first-order valence-corrected chi connectivity index (χ1v) is 18.4. The van der Waals surface area contributed by atoms with E-state index in [0.29, 0.717) is 0 Å². The molecule has 0 unspecified atom stereocenters. The zero-order chi connectivity index (χ0) is 35.8. The second-order valence-electron chi connectivity index (χ2n) is 13.7. The molecule has 0 amide bonds. The highest BCUT2D eigenvalue weighted by atomic mass is 16.3. The minimum Gasteiger partial charge on any atom is -0.454 e. The molecule has 54 heavy (non-hydrogen) atoms. The van der Waals surface area contributed by atoms with Crippen molar-refractivity contribution in [3.8, 4) is 44.5 Å². The molecule has 0 saturated heterocycles. The van der Waals surface area contributed by atoms with E-state index in [2.05, 4.69) is 205 Å². The van der Waals surface area contributed by atoms with Crippen LogP contribution in [0.15, 0.2) is 217 Å². The van der Waals surface area contributed by atoms with E-state index >= 15 is 0 Å². The zero-order valence-corrected chi connectivity index (χ0v) is 29.6. The van der Waals surface area contributed by atoms with Crippen molar-refractivity contribution < 1.29 is 4.42 Å². The van der Waals surface area contributed by atoms with Gasteiger partial charge in [0.05, 0.1) is 5.69 Å². The van der Waals surface area contributed by atoms with Gasteiger partial charge in [-0.1, -0.05) is 176 Å². The van der Waals surface area contributed by atoms with Crippen LogP contribution in [-0.2, 0) is 0 Å². The molecule has 10 rings (SSSR count). The summed E-state index contributed by atoms with van der Waals surface area (Å²) in [6, 6.07) is 75.8. The monoisotopic (exact) mass is 689 g/mol. The molecule has 0 N–H and O–H groups in total. The van der Waals surface area contributed by atoms with Crippen LogP contribution in [0.5, 0.6) is 0 Å². The predicted octanol–water partition coefficient (Wildman–Crippen LogP) is 14.9. The van der Waals surface area contributed by atoms with Crippen molar-refractivity contribution in [2.24, 2.45) is 0 Å². The Labute approximate surface area is 314 Å². The van der Waals surface area contributed by atoms with Crippen LogP contribution in [0.2, 0.25) is 0 Å². The number of furan rings is 1. The molecule has 0 fully saturated rings. The minimum atomic E-state index is 0.860. The number of para-hydroxylation sites is 2. The Morgan fingerprint density at radius 2 is 0.852 bits per heavy atom. The highest BCUT2D eigenvalue weighted by Crippen LogP contribution is 2.45. The highest BCUT2D eigenvalue weighted by molar-refractivity contribution is 6.10. The molecule has 0 aliphatic carbocycles. The lowest BCUT2D eigenvalue weighted by atomic mass is 9.92. The molecule has 0 atom stereocenters. The number of hydrogen-bond acceptors (Lipinski definition) is 2. The first kappa shape index (κ1) is 31.6. The number of anilines is 3. The van der Waals surface area contributed by atoms with Gasteiger partial charge in [0.15, 0.2) is 5.58 Å². The van der Waals surface area contributed by atoms with Gasteiger partial charge in [-0.15, -0.1) is 0 Å². The van der Waals surface area contributed by atoms with Gasteiger partial charge in [-0.05, 0) is 91.7 Å². The van der Waals surface area contributed by atoms with Crippen LogP contribution in [0.4, 0.5) is 17.1 Å². The molecule has 0 saturated carbocycles. The Morgan fingerprint density at radius 1 is 0.315 bits per heavy atom. The van der Waals surface area contributed by atoms with Crippen LogP contribution in [0.25, 0.3) is 77.2 Å². The summed E-state index contributed by atoms with van der Waals surface area (Å²) in [6.07, 6.45) is 0. The fourth-order valence-electron chi connectivity index (χ4n) is 7.86. The van der Waals surface area contributed by atoms with Crippen LogP contribution in [0.1, 0.15) is 0 Å². The molecule has 0 radical (unpaired) electrons. The molecular weight excluding hydrogens is 655 g/mol. The second-order valence-corrected chi connectivity index (χ2v) is 13.7. The molecule has 2 nitrogen and oxygen atoms in total. The van der Waals surface area contributed by atoms with E-state index in [9.17, 15) is 0 Å². The summed E-state index contributed by atoms with van der Waals surface area (Å²) in [5.41, 5.74) is 14.3. The molecule has 10 aromatic rings. The third kappa shape index (κ3) is 5.62. The molecular formula is C52H35NO. The van der Waals surface area contributed by atoms with E-state index < -0.39 is 0 Å². The van der Waals surface area contributed by atoms with Gasteiger partial charge in [0, 0.05) is 22.1 Å². The number of rotatable bonds is 7. The lowest BCUT2D eigenvalue weighted by Crippen LogP contribution is -2.10. The highest BCUT2D eigenvalue weighted by Gasteiger charge is 2.21. The number of hydrogen-bond donors (Lipinski definition) is 0. The predicted molar refractivity (Wildman–Crippen MR) is 228 cm³/mol. The van der Waals surface area contributed by atoms with Crippen molar-refractivity contribution in [3.63, 3.8) is 0 Å². The van der Waals surface area contributed by atoms with Gasteiger partial charge in [0.25, 0.3) is 0 Å². The second kappa shape index (κ2) is 13.4. The molecule has 1 aromatic heterocycles. The maximum Gasteiger partial charge on any atom is 0.159 e. The molecule has 0 aliphatic rings. The molecule has 2 heteroatoms. The average Bonchev–Trinajstić information content (AvgIpc) is 3.64. The zero-order valence-electron chi connectivity index (χ0n) is 29.6. The Hall–Kier alpha value is -7.16. The number of benzene rings is 9. The number of fused-ring (bicyclic) bond motifs is 4. The topological polar surface area (TPSA) is 16.4 Å². The normalized spacial score (nSPS) is 11.3. The van der Waals surface area contributed by atoms with Crippen LogP contribution in [0, 0.1) is 0 Å². The summed E-state index contributed by atoms with van der Waals surface area (Å²) in [7, 11) is 0. The summed E-state index contributed by atoms with van der Waals surface area (Å²) in [4.78, 5) is 2.34. The number of nitrogens with zero attached hydrogens (tertiary/aromatic N) is 1. The maximum absolute atomic E-state index is 6.66. The summed E-state index contributed by atoms with van der Waals surface area (Å²) in [5, 5.41) is 4.69. The fraction of sp³-hybridized carbons (Fsp3) is 0. The van der Waals surface area contributed by atoms with Crippen LogP contribution in [-0.4, -0.2) is 0 Å². The van der Waals surface area contributed by atoms with Gasteiger partial charge in [-0.2, -0.15) is 0 Å². The van der Waals surface area contributed by atoms with Crippen molar-refractivity contribution in [1.82, 2.24) is 0 Å². The molecule has 0 bridgehead atoms. The summed E-state index contributed by atoms with van der Waals surface area (Å²) in [5.74, 6) is 0. The van der Waals surface area contributed by atoms with Crippen LogP contribution < -0.4 is 4.90 Å². The van der Waals surface area contributed by atoms with Gasteiger partial charge >= 0.3 is 0 Å². The first-order valence-electron chi connectivity index (χ1n) is 18.4. The Morgan fingerprint density at radius 3 is 1.65 bits per heavy atom. The van der Waals surface area contributed by atoms with Crippen LogP contribution in [0.3, 0.4) is 0 Å². The Balaban J connectivity index is 1.15. The SMILES string of the molecule is c1ccc(-c2ccc(-c3ccc(N(c4ccc(-c5cccc6ccccc56)cc4)c4cccc5c4oc4ccccc45)cc3-c3ccccc3)cc2)cc1. The lowest BCUT2D eigenvalue weighted by Gasteiger charge is -2.27. The summed E-state index contributed by atoms with van der Waals surface area (Å²) in [6.45, 7) is 0. The summed E-state index contributed by atoms with van der Waals surface area (Å²) >= 11 is 0. The van der Waals surface area contributed by atoms with Gasteiger partial charge < -0.3 is 9.32 Å². The van der Waals surface area contributed by atoms with Crippen molar-refractivity contribution in [1.29, 1.82) is 0 Å². The largest absolute Gasteiger partial charge is 0.454 e. The van der Waals surface area contributed by atoms with E-state index in [4.69, 9.17) is 4.42 Å². The smallest absolute Gasteiger partial charge is 0.159 e. The third-order valence-corrected chi connectivity index (χ3v) is 10.5. The van der Waals surface area contributed by atoms with E-state index in [0.717, 1.165) is 50.1 Å². The van der Waals surface area contributed by atoms with E-state index in [-0.39, 0.29) is 0 Å². The average molecular weight is 690 g/mol. The lowest BCUT2D eigenvalue weighted by molar-refractivity contribution is 0.669.